The van der Waals surface area contributed by atoms with Gasteiger partial charge in [0.25, 0.3) is 0 Å². The van der Waals surface area contributed by atoms with Crippen LogP contribution in [-0.4, -0.2) is 23.5 Å². The zero-order valence-corrected chi connectivity index (χ0v) is 13.4. The van der Waals surface area contributed by atoms with E-state index in [-0.39, 0.29) is 12.1 Å². The van der Waals surface area contributed by atoms with E-state index in [9.17, 15) is 0 Å². The molecule has 0 saturated carbocycles. The van der Waals surface area contributed by atoms with Crippen molar-refractivity contribution in [1.82, 2.24) is 4.90 Å². The number of halogens is 1. The van der Waals surface area contributed by atoms with Gasteiger partial charge in [-0.1, -0.05) is 48.0 Å². The molecule has 0 radical (unpaired) electrons. The van der Waals surface area contributed by atoms with E-state index in [1.54, 1.807) is 0 Å². The minimum atomic E-state index is 0.158. The predicted molar refractivity (Wildman–Crippen MR) is 82.7 cm³/mol. The van der Waals surface area contributed by atoms with E-state index in [4.69, 9.17) is 5.73 Å². The highest BCUT2D eigenvalue weighted by Gasteiger charge is 2.27. The first-order valence-electron chi connectivity index (χ1n) is 6.78. The van der Waals surface area contributed by atoms with Gasteiger partial charge in [-0.2, -0.15) is 0 Å². The standard InChI is InChI=1S/C15H25BrN2/c1-5-14(17)15(18(6-2)11(3)4)12-9-7-8-10-13(12)16/h7-11,14-15H,5-6,17H2,1-4H3. The van der Waals surface area contributed by atoms with Crippen LogP contribution in [0.3, 0.4) is 0 Å². The maximum atomic E-state index is 6.37. The molecule has 0 amide bonds. The molecule has 0 aromatic heterocycles. The van der Waals surface area contributed by atoms with Crippen LogP contribution in [0.5, 0.6) is 0 Å². The fourth-order valence-corrected chi connectivity index (χ4v) is 3.00. The Morgan fingerprint density at radius 3 is 2.28 bits per heavy atom. The van der Waals surface area contributed by atoms with Gasteiger partial charge in [0, 0.05) is 16.6 Å². The zero-order chi connectivity index (χ0) is 13.7. The third-order valence-corrected chi connectivity index (χ3v) is 4.21. The van der Waals surface area contributed by atoms with Crippen molar-refractivity contribution < 1.29 is 0 Å². The first-order chi connectivity index (χ1) is 8.52. The molecule has 2 atom stereocenters. The fourth-order valence-electron chi connectivity index (χ4n) is 2.48. The van der Waals surface area contributed by atoms with Crippen LogP contribution in [0.4, 0.5) is 0 Å². The molecule has 0 saturated heterocycles. The Balaban J connectivity index is 3.17. The second-order valence-corrected chi connectivity index (χ2v) is 5.82. The Labute approximate surface area is 120 Å². The summed E-state index contributed by atoms with van der Waals surface area (Å²) in [5.41, 5.74) is 7.66. The molecule has 0 heterocycles. The summed E-state index contributed by atoms with van der Waals surface area (Å²) in [7, 11) is 0. The van der Waals surface area contributed by atoms with Crippen LogP contribution in [0.25, 0.3) is 0 Å². The lowest BCUT2D eigenvalue weighted by Gasteiger charge is -2.38. The van der Waals surface area contributed by atoms with Crippen LogP contribution >= 0.6 is 15.9 Å². The summed E-state index contributed by atoms with van der Waals surface area (Å²) in [5.74, 6) is 0. The summed E-state index contributed by atoms with van der Waals surface area (Å²) in [5, 5.41) is 0. The Kier molecular flexibility index (Phi) is 6.33. The van der Waals surface area contributed by atoms with Crippen LogP contribution in [0, 0.1) is 0 Å². The zero-order valence-electron chi connectivity index (χ0n) is 11.9. The Morgan fingerprint density at radius 2 is 1.83 bits per heavy atom. The number of hydrogen-bond donors (Lipinski definition) is 1. The molecule has 102 valence electrons. The number of nitrogens with two attached hydrogens (primary N) is 1. The highest BCUT2D eigenvalue weighted by atomic mass is 79.9. The molecule has 1 aromatic rings. The molecule has 2 N–H and O–H groups in total. The summed E-state index contributed by atoms with van der Waals surface area (Å²) in [6.45, 7) is 9.83. The van der Waals surface area contributed by atoms with Gasteiger partial charge in [-0.05, 0) is 38.4 Å². The van der Waals surface area contributed by atoms with E-state index in [0.717, 1.165) is 17.4 Å². The van der Waals surface area contributed by atoms with Crippen molar-refractivity contribution in [2.75, 3.05) is 6.54 Å². The van der Waals surface area contributed by atoms with Crippen LogP contribution in [-0.2, 0) is 0 Å². The maximum Gasteiger partial charge on any atom is 0.0512 e. The summed E-state index contributed by atoms with van der Waals surface area (Å²) in [4.78, 5) is 2.47. The van der Waals surface area contributed by atoms with Crippen molar-refractivity contribution in [3.63, 3.8) is 0 Å². The third-order valence-electron chi connectivity index (χ3n) is 3.49. The molecule has 0 fully saturated rings. The predicted octanol–water partition coefficient (Wildman–Crippen LogP) is 3.96. The highest BCUT2D eigenvalue weighted by Crippen LogP contribution is 2.31. The molecule has 0 spiro atoms. The van der Waals surface area contributed by atoms with Gasteiger partial charge < -0.3 is 5.73 Å². The number of likely N-dealkylation sites (N-methyl/N-ethyl adjacent to an activating group) is 1. The quantitative estimate of drug-likeness (QED) is 0.861. The SMILES string of the molecule is CCC(N)C(c1ccccc1Br)N(CC)C(C)C. The van der Waals surface area contributed by atoms with Crippen LogP contribution in [0.2, 0.25) is 0 Å². The summed E-state index contributed by atoms with van der Waals surface area (Å²) in [6, 6.07) is 9.33. The summed E-state index contributed by atoms with van der Waals surface area (Å²) in [6.07, 6.45) is 0.981. The number of rotatable bonds is 6. The number of benzene rings is 1. The van der Waals surface area contributed by atoms with Gasteiger partial charge in [0.1, 0.15) is 0 Å². The lowest BCUT2D eigenvalue weighted by Crippen LogP contribution is -2.44. The van der Waals surface area contributed by atoms with Gasteiger partial charge >= 0.3 is 0 Å². The molecule has 0 aliphatic carbocycles. The molecule has 2 nitrogen and oxygen atoms in total. The van der Waals surface area contributed by atoms with Gasteiger partial charge in [0.2, 0.25) is 0 Å². The van der Waals surface area contributed by atoms with Crippen molar-refractivity contribution in [2.24, 2.45) is 5.73 Å². The lowest BCUT2D eigenvalue weighted by molar-refractivity contribution is 0.137. The molecule has 3 heteroatoms. The van der Waals surface area contributed by atoms with Crippen molar-refractivity contribution >= 4 is 15.9 Å². The van der Waals surface area contributed by atoms with Crippen LogP contribution in [0.1, 0.15) is 45.7 Å². The van der Waals surface area contributed by atoms with Crippen LogP contribution in [0.15, 0.2) is 28.7 Å². The average Bonchev–Trinajstić information content (AvgIpc) is 2.35. The molecule has 18 heavy (non-hydrogen) atoms. The minimum Gasteiger partial charge on any atom is -0.326 e. The van der Waals surface area contributed by atoms with Gasteiger partial charge in [0.05, 0.1) is 6.04 Å². The summed E-state index contributed by atoms with van der Waals surface area (Å²) >= 11 is 3.66. The molecular formula is C15H25BrN2. The first-order valence-corrected chi connectivity index (χ1v) is 7.57. The highest BCUT2D eigenvalue weighted by molar-refractivity contribution is 9.10. The van der Waals surface area contributed by atoms with Gasteiger partial charge in [-0.25, -0.2) is 0 Å². The molecule has 2 unspecified atom stereocenters. The minimum absolute atomic E-state index is 0.158. The Morgan fingerprint density at radius 1 is 1.22 bits per heavy atom. The Hall–Kier alpha value is -0.380. The molecule has 0 bridgehead atoms. The normalized spacial score (nSPS) is 15.1. The average molecular weight is 313 g/mol. The van der Waals surface area contributed by atoms with Gasteiger partial charge in [-0.15, -0.1) is 0 Å². The monoisotopic (exact) mass is 312 g/mol. The van der Waals surface area contributed by atoms with E-state index in [0.29, 0.717) is 6.04 Å². The van der Waals surface area contributed by atoms with Crippen molar-refractivity contribution in [3.8, 4) is 0 Å². The van der Waals surface area contributed by atoms with Gasteiger partial charge in [0.15, 0.2) is 0 Å². The molecular weight excluding hydrogens is 288 g/mol. The topological polar surface area (TPSA) is 29.3 Å². The molecule has 1 rings (SSSR count). The van der Waals surface area contributed by atoms with Crippen molar-refractivity contribution in [3.05, 3.63) is 34.3 Å². The number of nitrogens with zero attached hydrogens (tertiary/aromatic N) is 1. The second-order valence-electron chi connectivity index (χ2n) is 4.96. The molecule has 0 aliphatic rings. The van der Waals surface area contributed by atoms with E-state index in [2.05, 4.69) is 66.7 Å². The smallest absolute Gasteiger partial charge is 0.0512 e. The summed E-state index contributed by atoms with van der Waals surface area (Å²) < 4.78 is 1.15. The molecule has 0 aliphatic heterocycles. The van der Waals surface area contributed by atoms with E-state index >= 15 is 0 Å². The third kappa shape index (κ3) is 3.56. The lowest BCUT2D eigenvalue weighted by atomic mass is 9.95. The second kappa shape index (κ2) is 7.27. The van der Waals surface area contributed by atoms with E-state index < -0.39 is 0 Å². The van der Waals surface area contributed by atoms with Crippen molar-refractivity contribution in [2.45, 2.75) is 52.2 Å². The first kappa shape index (κ1) is 15.7. The fraction of sp³-hybridized carbons (Fsp3) is 0.600. The Bertz CT molecular complexity index is 365. The van der Waals surface area contributed by atoms with E-state index in [1.807, 2.05) is 6.07 Å². The maximum absolute atomic E-state index is 6.37. The van der Waals surface area contributed by atoms with Crippen LogP contribution < -0.4 is 5.73 Å². The largest absolute Gasteiger partial charge is 0.326 e. The van der Waals surface area contributed by atoms with Crippen molar-refractivity contribution in [1.29, 1.82) is 0 Å². The molecule has 1 aromatic carbocycles. The number of hydrogen-bond acceptors (Lipinski definition) is 2. The van der Waals surface area contributed by atoms with Gasteiger partial charge in [-0.3, -0.25) is 4.90 Å². The van der Waals surface area contributed by atoms with E-state index in [1.165, 1.54) is 5.56 Å².